The second kappa shape index (κ2) is 11.0. The fourth-order valence-corrected chi connectivity index (χ4v) is 5.39. The number of halogens is 3. The van der Waals surface area contributed by atoms with Crippen molar-refractivity contribution >= 4 is 45.8 Å². The topological polar surface area (TPSA) is 82.5 Å². The summed E-state index contributed by atoms with van der Waals surface area (Å²) < 4.78 is 30.5. The maximum atomic E-state index is 14.9. The lowest BCUT2D eigenvalue weighted by Crippen LogP contribution is -2.58. The van der Waals surface area contributed by atoms with E-state index < -0.39 is 11.6 Å². The Kier molecular flexibility index (Phi) is 7.28. The average Bonchev–Trinajstić information content (AvgIpc) is 3.09. The molecular formula is C30H25F2IN6O. The number of fused-ring (bicyclic) bond motifs is 3. The molecule has 2 aliphatic heterocycles. The molecule has 6 rings (SSSR count). The highest BCUT2D eigenvalue weighted by Crippen LogP contribution is 2.34. The van der Waals surface area contributed by atoms with Gasteiger partial charge in [0.15, 0.2) is 0 Å². The van der Waals surface area contributed by atoms with Crippen molar-refractivity contribution < 1.29 is 13.6 Å². The van der Waals surface area contributed by atoms with Crippen LogP contribution in [0.3, 0.4) is 0 Å². The Morgan fingerprint density at radius 3 is 2.50 bits per heavy atom. The van der Waals surface area contributed by atoms with Crippen molar-refractivity contribution in [2.24, 2.45) is 4.99 Å². The number of aromatic nitrogens is 2. The van der Waals surface area contributed by atoms with Crippen LogP contribution in [0.4, 0.5) is 20.4 Å². The molecule has 7 nitrogen and oxygen atoms in total. The lowest BCUT2D eigenvalue weighted by Gasteiger charge is -2.39. The SMILES string of the molecule is CNC1CN(C(=O)c2ccc(Nc3ncc4c(n3)-c3ccc(CI)cc3C(c3c(F)cccc3F)=NC4)cc2)C1. The van der Waals surface area contributed by atoms with E-state index in [1.807, 2.05) is 42.3 Å². The number of likely N-dealkylation sites (tertiary alicyclic amines) is 1. The number of carbonyl (C=O) groups is 1. The molecule has 1 amide bonds. The van der Waals surface area contributed by atoms with Gasteiger partial charge in [-0.25, -0.2) is 18.7 Å². The van der Waals surface area contributed by atoms with Gasteiger partial charge >= 0.3 is 0 Å². The molecule has 202 valence electrons. The monoisotopic (exact) mass is 650 g/mol. The van der Waals surface area contributed by atoms with Crippen molar-refractivity contribution in [3.63, 3.8) is 0 Å². The van der Waals surface area contributed by atoms with Crippen LogP contribution in [0.1, 0.15) is 32.6 Å². The highest BCUT2D eigenvalue weighted by atomic mass is 127. The number of likely N-dealkylation sites (N-methyl/N-ethyl adjacent to an activating group) is 1. The van der Waals surface area contributed by atoms with Crippen molar-refractivity contribution in [3.05, 3.63) is 106 Å². The normalized spacial score (nSPS) is 14.5. The molecule has 3 aromatic carbocycles. The van der Waals surface area contributed by atoms with Crippen LogP contribution >= 0.6 is 22.6 Å². The van der Waals surface area contributed by atoms with E-state index in [-0.39, 0.29) is 23.7 Å². The molecule has 10 heteroatoms. The molecule has 0 radical (unpaired) electrons. The smallest absolute Gasteiger partial charge is 0.253 e. The van der Waals surface area contributed by atoms with Crippen molar-refractivity contribution in [2.75, 3.05) is 25.5 Å². The predicted molar refractivity (Wildman–Crippen MR) is 159 cm³/mol. The molecule has 0 aliphatic carbocycles. The molecule has 0 atom stereocenters. The number of aliphatic imine (C=N–C) groups is 1. The number of anilines is 2. The van der Waals surface area contributed by atoms with Gasteiger partial charge in [-0.05, 0) is 55.1 Å². The number of rotatable bonds is 6. The van der Waals surface area contributed by atoms with E-state index >= 15 is 0 Å². The lowest BCUT2D eigenvalue weighted by molar-refractivity contribution is 0.0577. The quantitative estimate of drug-likeness (QED) is 0.213. The molecule has 0 spiro atoms. The predicted octanol–water partition coefficient (Wildman–Crippen LogP) is 5.50. The number of amides is 1. The minimum absolute atomic E-state index is 0.00361. The first-order chi connectivity index (χ1) is 19.4. The first kappa shape index (κ1) is 26.5. The molecule has 40 heavy (non-hydrogen) atoms. The van der Waals surface area contributed by atoms with E-state index in [1.165, 1.54) is 18.2 Å². The number of hydrogen-bond donors (Lipinski definition) is 2. The zero-order valence-corrected chi connectivity index (χ0v) is 23.7. The van der Waals surface area contributed by atoms with Crippen molar-refractivity contribution in [1.82, 2.24) is 20.2 Å². The van der Waals surface area contributed by atoms with Crippen LogP contribution in [-0.4, -0.2) is 52.7 Å². The Labute approximate surface area is 243 Å². The van der Waals surface area contributed by atoms with Crippen LogP contribution < -0.4 is 10.6 Å². The van der Waals surface area contributed by atoms with Gasteiger partial charge in [-0.2, -0.15) is 0 Å². The molecular weight excluding hydrogens is 625 g/mol. The average molecular weight is 650 g/mol. The Morgan fingerprint density at radius 2 is 1.80 bits per heavy atom. The summed E-state index contributed by atoms with van der Waals surface area (Å²) in [6, 6.07) is 17.2. The summed E-state index contributed by atoms with van der Waals surface area (Å²) in [7, 11) is 1.90. The molecule has 3 heterocycles. The lowest BCUT2D eigenvalue weighted by atomic mass is 9.93. The third-order valence-corrected chi connectivity index (χ3v) is 8.07. The minimum Gasteiger partial charge on any atom is -0.335 e. The molecule has 1 aromatic heterocycles. The Morgan fingerprint density at radius 1 is 1.05 bits per heavy atom. The summed E-state index contributed by atoms with van der Waals surface area (Å²) in [4.78, 5) is 28.4. The van der Waals surface area contributed by atoms with E-state index in [0.29, 0.717) is 41.9 Å². The molecule has 0 bridgehead atoms. The van der Waals surface area contributed by atoms with Gasteiger partial charge in [0.2, 0.25) is 5.95 Å². The van der Waals surface area contributed by atoms with Gasteiger partial charge in [0.1, 0.15) is 11.6 Å². The van der Waals surface area contributed by atoms with Gasteiger partial charge in [0.25, 0.3) is 5.91 Å². The standard InChI is InChI=1S/C30H25F2IN6O/c1-34-21-15-39(16-21)29(40)18-6-8-20(9-7-18)37-30-36-14-19-13-35-28(26-24(31)3-2-4-25(26)32)23-11-17(12-33)5-10-22(23)27(19)38-30/h2-11,14,21,34H,12-13,15-16H2,1H3,(H,36,37,38). The van der Waals surface area contributed by atoms with Crippen LogP contribution in [0, 0.1) is 11.6 Å². The van der Waals surface area contributed by atoms with Crippen LogP contribution in [0.15, 0.2) is 71.9 Å². The maximum absolute atomic E-state index is 14.9. The van der Waals surface area contributed by atoms with Crippen molar-refractivity contribution in [3.8, 4) is 11.3 Å². The Balaban J connectivity index is 1.31. The molecule has 1 fully saturated rings. The second-order valence-corrected chi connectivity index (χ2v) is 10.5. The molecule has 1 saturated heterocycles. The van der Waals surface area contributed by atoms with E-state index in [0.717, 1.165) is 26.8 Å². The zero-order valence-electron chi connectivity index (χ0n) is 21.6. The van der Waals surface area contributed by atoms with E-state index in [1.54, 1.807) is 18.3 Å². The maximum Gasteiger partial charge on any atom is 0.253 e. The zero-order chi connectivity index (χ0) is 27.8. The first-order valence-electron chi connectivity index (χ1n) is 12.8. The first-order valence-corrected chi connectivity index (χ1v) is 14.4. The molecule has 2 N–H and O–H groups in total. The fraction of sp³-hybridized carbons (Fsp3) is 0.200. The van der Waals surface area contributed by atoms with Crippen molar-refractivity contribution in [2.45, 2.75) is 17.0 Å². The van der Waals surface area contributed by atoms with Crippen molar-refractivity contribution in [1.29, 1.82) is 0 Å². The summed E-state index contributed by atoms with van der Waals surface area (Å²) >= 11 is 2.26. The molecule has 4 aromatic rings. The number of hydrogen-bond acceptors (Lipinski definition) is 6. The summed E-state index contributed by atoms with van der Waals surface area (Å²) in [6.07, 6.45) is 1.69. The van der Waals surface area contributed by atoms with Gasteiger partial charge < -0.3 is 15.5 Å². The molecule has 0 unspecified atom stereocenters. The highest BCUT2D eigenvalue weighted by molar-refractivity contribution is 14.1. The van der Waals surface area contributed by atoms with Gasteiger partial charge in [0.05, 0.1) is 23.5 Å². The van der Waals surface area contributed by atoms with Gasteiger partial charge in [-0.3, -0.25) is 9.79 Å². The van der Waals surface area contributed by atoms with Gasteiger partial charge in [0, 0.05) is 57.7 Å². The van der Waals surface area contributed by atoms with E-state index in [4.69, 9.17) is 4.98 Å². The van der Waals surface area contributed by atoms with Crippen LogP contribution in [-0.2, 0) is 11.0 Å². The second-order valence-electron chi connectivity index (χ2n) is 9.74. The number of carbonyl (C=O) groups excluding carboxylic acids is 1. The largest absolute Gasteiger partial charge is 0.335 e. The van der Waals surface area contributed by atoms with Crippen LogP contribution in [0.2, 0.25) is 0 Å². The van der Waals surface area contributed by atoms with E-state index in [9.17, 15) is 13.6 Å². The summed E-state index contributed by atoms with van der Waals surface area (Å²) in [5.41, 5.74) is 5.20. The number of nitrogens with one attached hydrogen (secondary N) is 2. The van der Waals surface area contributed by atoms with Crippen LogP contribution in [0.5, 0.6) is 0 Å². The van der Waals surface area contributed by atoms with Gasteiger partial charge in [-0.1, -0.05) is 40.8 Å². The highest BCUT2D eigenvalue weighted by Gasteiger charge is 2.30. The third-order valence-electron chi connectivity index (χ3n) is 7.19. The summed E-state index contributed by atoms with van der Waals surface area (Å²) in [5, 5.41) is 6.38. The number of nitrogens with zero attached hydrogens (tertiary/aromatic N) is 4. The number of alkyl halides is 1. The van der Waals surface area contributed by atoms with Crippen LogP contribution in [0.25, 0.3) is 11.3 Å². The molecule has 2 aliphatic rings. The van der Waals surface area contributed by atoms with E-state index in [2.05, 4.69) is 43.2 Å². The summed E-state index contributed by atoms with van der Waals surface area (Å²) in [6.45, 7) is 1.58. The van der Waals surface area contributed by atoms with Gasteiger partial charge in [-0.15, -0.1) is 0 Å². The molecule has 0 saturated carbocycles. The number of benzene rings is 3. The summed E-state index contributed by atoms with van der Waals surface area (Å²) in [5.74, 6) is -0.963. The minimum atomic E-state index is -0.665. The fourth-order valence-electron chi connectivity index (χ4n) is 4.91. The Hall–Kier alpha value is -3.77. The Bertz CT molecular complexity index is 1620. The third kappa shape index (κ3) is 4.97.